The first-order valence-electron chi connectivity index (χ1n) is 8.34. The smallest absolute Gasteiger partial charge is 0.137 e. The van der Waals surface area contributed by atoms with Crippen molar-refractivity contribution in [3.8, 4) is 0 Å². The summed E-state index contributed by atoms with van der Waals surface area (Å²) in [5, 5.41) is 1.20. The topological polar surface area (TPSA) is 41.2 Å². The number of hydrogen-bond donors (Lipinski definition) is 1. The summed E-state index contributed by atoms with van der Waals surface area (Å²) in [7, 11) is 0. The molecule has 1 aliphatic heterocycles. The molecule has 22 heavy (non-hydrogen) atoms. The number of rotatable bonds is 2. The molecule has 2 aromatic rings. The van der Waals surface area contributed by atoms with Crippen molar-refractivity contribution in [1.82, 2.24) is 14.9 Å². The zero-order valence-corrected chi connectivity index (χ0v) is 12.9. The van der Waals surface area contributed by atoms with Gasteiger partial charge in [0, 0.05) is 43.5 Å². The molecule has 0 radical (unpaired) electrons. The van der Waals surface area contributed by atoms with Crippen LogP contribution < -0.4 is 0 Å². The summed E-state index contributed by atoms with van der Waals surface area (Å²) in [5.41, 5.74) is 3.71. The molecule has 1 N–H and O–H groups in total. The van der Waals surface area contributed by atoms with E-state index in [0.29, 0.717) is 6.04 Å². The molecule has 2 aliphatic rings. The Morgan fingerprint density at radius 3 is 3.18 bits per heavy atom. The zero-order valence-electron chi connectivity index (χ0n) is 12.9. The Morgan fingerprint density at radius 2 is 2.27 bits per heavy atom. The average molecular weight is 297 g/mol. The zero-order chi connectivity index (χ0) is 14.8. The lowest BCUT2D eigenvalue weighted by molar-refractivity contribution is 0.129. The van der Waals surface area contributed by atoms with Gasteiger partial charge in [-0.25, -0.2) is 4.98 Å². The molecule has 3 heterocycles. The Balaban J connectivity index is 1.48. The Hall–Kier alpha value is -1.65. The van der Waals surface area contributed by atoms with Crippen LogP contribution in [0.1, 0.15) is 31.2 Å². The minimum Gasteiger partial charge on any atom is -0.380 e. The second-order valence-electron chi connectivity index (χ2n) is 6.30. The lowest BCUT2D eigenvalue weighted by atomic mass is 9.90. The monoisotopic (exact) mass is 297 g/mol. The van der Waals surface area contributed by atoms with E-state index in [0.717, 1.165) is 38.2 Å². The van der Waals surface area contributed by atoms with Crippen molar-refractivity contribution >= 4 is 16.6 Å². The van der Waals surface area contributed by atoms with Crippen LogP contribution in [0.4, 0.5) is 0 Å². The molecule has 2 aromatic heterocycles. The van der Waals surface area contributed by atoms with Crippen molar-refractivity contribution in [2.24, 2.45) is 0 Å². The van der Waals surface area contributed by atoms with Gasteiger partial charge in [0.2, 0.25) is 0 Å². The Morgan fingerprint density at radius 1 is 1.27 bits per heavy atom. The van der Waals surface area contributed by atoms with E-state index in [-0.39, 0.29) is 0 Å². The number of nitrogens with one attached hydrogen (secondary N) is 1. The van der Waals surface area contributed by atoms with Crippen LogP contribution in [0.5, 0.6) is 0 Å². The van der Waals surface area contributed by atoms with E-state index >= 15 is 0 Å². The fourth-order valence-electron chi connectivity index (χ4n) is 3.66. The van der Waals surface area contributed by atoms with Crippen molar-refractivity contribution in [2.45, 2.75) is 31.7 Å². The lowest BCUT2D eigenvalue weighted by Crippen LogP contribution is -2.37. The minimum absolute atomic E-state index is 0.689. The van der Waals surface area contributed by atoms with E-state index < -0.39 is 0 Å². The molecule has 1 atom stereocenters. The van der Waals surface area contributed by atoms with Crippen molar-refractivity contribution in [3.63, 3.8) is 0 Å². The number of H-pyrrole nitrogens is 1. The molecule has 1 unspecified atom stereocenters. The summed E-state index contributed by atoms with van der Waals surface area (Å²) in [4.78, 5) is 10.3. The number of fused-ring (bicyclic) bond motifs is 1. The van der Waals surface area contributed by atoms with Gasteiger partial charge in [0.15, 0.2) is 0 Å². The van der Waals surface area contributed by atoms with E-state index in [1.165, 1.54) is 35.9 Å². The molecule has 116 valence electrons. The SMILES string of the molecule is C1=C(c2cnc3[nH]ccc3c2)CCC(N2CCCOCC2)C1. The van der Waals surface area contributed by atoms with E-state index in [1.807, 2.05) is 12.4 Å². The van der Waals surface area contributed by atoms with Crippen LogP contribution in [-0.4, -0.2) is 47.2 Å². The van der Waals surface area contributed by atoms with Gasteiger partial charge >= 0.3 is 0 Å². The van der Waals surface area contributed by atoms with Crippen LogP contribution >= 0.6 is 0 Å². The predicted molar refractivity (Wildman–Crippen MR) is 88.7 cm³/mol. The van der Waals surface area contributed by atoms with Crippen LogP contribution in [0, 0.1) is 0 Å². The van der Waals surface area contributed by atoms with Gasteiger partial charge in [-0.05, 0) is 49.0 Å². The van der Waals surface area contributed by atoms with Gasteiger partial charge in [-0.1, -0.05) is 6.08 Å². The largest absolute Gasteiger partial charge is 0.380 e. The summed E-state index contributed by atoms with van der Waals surface area (Å²) in [5.74, 6) is 0. The molecule has 4 heteroatoms. The molecule has 0 spiro atoms. The third-order valence-electron chi connectivity index (χ3n) is 4.93. The Bertz CT molecular complexity index is 668. The Labute approximate surface area is 131 Å². The highest BCUT2D eigenvalue weighted by Crippen LogP contribution is 2.30. The number of hydrogen-bond acceptors (Lipinski definition) is 3. The molecule has 4 rings (SSSR count). The maximum Gasteiger partial charge on any atom is 0.137 e. The summed E-state index contributed by atoms with van der Waals surface area (Å²) in [6.07, 6.45) is 11.1. The fraction of sp³-hybridized carbons (Fsp3) is 0.500. The minimum atomic E-state index is 0.689. The number of ether oxygens (including phenoxy) is 1. The van der Waals surface area contributed by atoms with Gasteiger partial charge in [-0.15, -0.1) is 0 Å². The van der Waals surface area contributed by atoms with Crippen molar-refractivity contribution < 1.29 is 4.74 Å². The van der Waals surface area contributed by atoms with Crippen LogP contribution in [0.25, 0.3) is 16.6 Å². The highest BCUT2D eigenvalue weighted by atomic mass is 16.5. The lowest BCUT2D eigenvalue weighted by Gasteiger charge is -2.32. The molecule has 0 saturated carbocycles. The number of aromatic nitrogens is 2. The van der Waals surface area contributed by atoms with Gasteiger partial charge in [0.1, 0.15) is 5.65 Å². The predicted octanol–water partition coefficient (Wildman–Crippen LogP) is 3.22. The molecule has 0 aromatic carbocycles. The number of pyridine rings is 1. The molecule has 4 nitrogen and oxygen atoms in total. The third kappa shape index (κ3) is 2.81. The first-order valence-corrected chi connectivity index (χ1v) is 8.34. The van der Waals surface area contributed by atoms with Crippen LogP contribution in [-0.2, 0) is 4.74 Å². The first-order chi connectivity index (χ1) is 10.9. The maximum absolute atomic E-state index is 5.57. The quantitative estimate of drug-likeness (QED) is 0.925. The molecular formula is C18H23N3O. The molecule has 1 saturated heterocycles. The maximum atomic E-state index is 5.57. The standard InChI is InChI=1S/C18H23N3O/c1-8-21(9-11-22-10-1)17-4-2-14(3-5-17)16-12-15-6-7-19-18(15)20-13-16/h2,6-7,12-13,17H,1,3-5,8-11H2,(H,19,20). The number of nitrogens with zero attached hydrogens (tertiary/aromatic N) is 2. The number of allylic oxidation sites excluding steroid dienone is 1. The second-order valence-corrected chi connectivity index (χ2v) is 6.30. The van der Waals surface area contributed by atoms with Crippen LogP contribution in [0.2, 0.25) is 0 Å². The normalized spacial score (nSPS) is 24.2. The van der Waals surface area contributed by atoms with Gasteiger partial charge in [0.05, 0.1) is 6.61 Å². The van der Waals surface area contributed by atoms with Gasteiger partial charge < -0.3 is 9.72 Å². The van der Waals surface area contributed by atoms with Gasteiger partial charge in [0.25, 0.3) is 0 Å². The van der Waals surface area contributed by atoms with Crippen molar-refractivity contribution in [3.05, 3.63) is 36.2 Å². The van der Waals surface area contributed by atoms with Crippen LogP contribution in [0.15, 0.2) is 30.6 Å². The van der Waals surface area contributed by atoms with Crippen molar-refractivity contribution in [1.29, 1.82) is 0 Å². The molecular weight excluding hydrogens is 274 g/mol. The summed E-state index contributed by atoms with van der Waals surface area (Å²) < 4.78 is 5.57. The molecule has 1 aliphatic carbocycles. The summed E-state index contributed by atoms with van der Waals surface area (Å²) in [6, 6.07) is 5.04. The second kappa shape index (κ2) is 6.23. The fourth-order valence-corrected chi connectivity index (χ4v) is 3.66. The van der Waals surface area contributed by atoms with E-state index in [2.05, 4.69) is 33.1 Å². The molecule has 0 bridgehead atoms. The van der Waals surface area contributed by atoms with E-state index in [4.69, 9.17) is 4.74 Å². The highest BCUT2D eigenvalue weighted by Gasteiger charge is 2.22. The van der Waals surface area contributed by atoms with E-state index in [9.17, 15) is 0 Å². The summed E-state index contributed by atoms with van der Waals surface area (Å²) >= 11 is 0. The van der Waals surface area contributed by atoms with Crippen molar-refractivity contribution in [2.75, 3.05) is 26.3 Å². The number of aromatic amines is 1. The average Bonchev–Trinajstić information content (AvgIpc) is 2.87. The Kier molecular flexibility index (Phi) is 3.95. The van der Waals surface area contributed by atoms with Gasteiger partial charge in [-0.2, -0.15) is 0 Å². The van der Waals surface area contributed by atoms with Crippen LogP contribution in [0.3, 0.4) is 0 Å². The summed E-state index contributed by atoms with van der Waals surface area (Å²) in [6.45, 7) is 4.09. The molecule has 0 amide bonds. The van der Waals surface area contributed by atoms with Gasteiger partial charge in [-0.3, -0.25) is 4.90 Å². The molecule has 1 fully saturated rings. The highest BCUT2D eigenvalue weighted by molar-refractivity contribution is 5.80. The first kappa shape index (κ1) is 14.0. The van der Waals surface area contributed by atoms with E-state index in [1.54, 1.807) is 0 Å². The third-order valence-corrected chi connectivity index (χ3v) is 4.93.